The van der Waals surface area contributed by atoms with Gasteiger partial charge in [-0.05, 0) is 30.3 Å². The Kier molecular flexibility index (Phi) is 3.84. The highest BCUT2D eigenvalue weighted by Crippen LogP contribution is 2.24. The predicted molar refractivity (Wildman–Crippen MR) is 91.8 cm³/mol. The molecule has 0 fully saturated rings. The highest BCUT2D eigenvalue weighted by molar-refractivity contribution is 6.02. The molecule has 4 aromatic rings. The van der Waals surface area contributed by atoms with Crippen LogP contribution in [0.4, 0.5) is 5.69 Å². The summed E-state index contributed by atoms with van der Waals surface area (Å²) in [7, 11) is 0. The van der Waals surface area contributed by atoms with Crippen molar-refractivity contribution < 1.29 is 13.7 Å². The molecule has 0 saturated carbocycles. The fourth-order valence-electron chi connectivity index (χ4n) is 2.38. The minimum Gasteiger partial charge on any atom is -0.459 e. The van der Waals surface area contributed by atoms with Crippen molar-refractivity contribution in [2.45, 2.75) is 0 Å². The Labute approximate surface area is 143 Å². The van der Waals surface area contributed by atoms with Gasteiger partial charge in [-0.1, -0.05) is 41.6 Å². The molecule has 0 saturated heterocycles. The van der Waals surface area contributed by atoms with E-state index in [9.17, 15) is 4.79 Å². The number of rotatable bonds is 4. The van der Waals surface area contributed by atoms with Gasteiger partial charge in [0, 0.05) is 16.8 Å². The minimum absolute atomic E-state index is 0.245. The second kappa shape index (κ2) is 6.45. The van der Waals surface area contributed by atoms with Crippen molar-refractivity contribution in [2.24, 2.45) is 0 Å². The molecule has 4 rings (SSSR count). The van der Waals surface area contributed by atoms with E-state index in [1.807, 2.05) is 36.4 Å². The van der Waals surface area contributed by atoms with E-state index in [1.165, 1.54) is 6.26 Å². The van der Waals surface area contributed by atoms with E-state index in [2.05, 4.69) is 15.5 Å². The first-order valence-corrected chi connectivity index (χ1v) is 7.64. The Bertz CT molecular complexity index is 992. The van der Waals surface area contributed by atoms with Gasteiger partial charge in [0.25, 0.3) is 11.8 Å². The van der Waals surface area contributed by atoms with Crippen molar-refractivity contribution in [3.05, 3.63) is 78.8 Å². The van der Waals surface area contributed by atoms with Gasteiger partial charge in [0.15, 0.2) is 5.76 Å². The Hall–Kier alpha value is -3.67. The van der Waals surface area contributed by atoms with Gasteiger partial charge < -0.3 is 14.3 Å². The average molecular weight is 331 g/mol. The van der Waals surface area contributed by atoms with Gasteiger partial charge in [0.1, 0.15) is 0 Å². The second-order valence-corrected chi connectivity index (χ2v) is 5.30. The van der Waals surface area contributed by atoms with E-state index in [0.29, 0.717) is 23.0 Å². The van der Waals surface area contributed by atoms with Crippen molar-refractivity contribution in [3.63, 3.8) is 0 Å². The lowest BCUT2D eigenvalue weighted by Crippen LogP contribution is -2.10. The molecule has 6 heteroatoms. The van der Waals surface area contributed by atoms with Gasteiger partial charge in [-0.25, -0.2) is 0 Å². The number of hydrogen-bond acceptors (Lipinski definition) is 5. The predicted octanol–water partition coefficient (Wildman–Crippen LogP) is 4.25. The number of aromatic nitrogens is 2. The molecule has 0 aliphatic heterocycles. The van der Waals surface area contributed by atoms with Crippen molar-refractivity contribution >= 4 is 11.6 Å². The lowest BCUT2D eigenvalue weighted by Gasteiger charge is -2.04. The van der Waals surface area contributed by atoms with Crippen molar-refractivity contribution in [1.82, 2.24) is 10.1 Å². The molecule has 0 atom stereocenters. The third-order valence-corrected chi connectivity index (χ3v) is 3.57. The highest BCUT2D eigenvalue weighted by Gasteiger charge is 2.13. The third-order valence-electron chi connectivity index (χ3n) is 3.57. The van der Waals surface area contributed by atoms with Crippen LogP contribution in [0.2, 0.25) is 0 Å². The number of benzene rings is 2. The molecule has 2 aromatic heterocycles. The summed E-state index contributed by atoms with van der Waals surface area (Å²) in [5.74, 6) is 0.820. The van der Waals surface area contributed by atoms with Crippen LogP contribution in [0.3, 0.4) is 0 Å². The monoisotopic (exact) mass is 331 g/mol. The number of furan rings is 1. The molecule has 1 N–H and O–H groups in total. The van der Waals surface area contributed by atoms with Gasteiger partial charge >= 0.3 is 0 Å². The van der Waals surface area contributed by atoms with Gasteiger partial charge in [0.05, 0.1) is 6.26 Å². The van der Waals surface area contributed by atoms with Crippen LogP contribution < -0.4 is 5.32 Å². The first-order valence-electron chi connectivity index (χ1n) is 7.64. The molecule has 25 heavy (non-hydrogen) atoms. The maximum atomic E-state index is 12.1. The molecule has 6 nitrogen and oxygen atoms in total. The smallest absolute Gasteiger partial charge is 0.291 e. The van der Waals surface area contributed by atoms with Crippen molar-refractivity contribution in [2.75, 3.05) is 5.32 Å². The maximum absolute atomic E-state index is 12.1. The quantitative estimate of drug-likeness (QED) is 0.604. The topological polar surface area (TPSA) is 81.2 Å². The Balaban J connectivity index is 1.58. The average Bonchev–Trinajstić information content (AvgIpc) is 3.35. The van der Waals surface area contributed by atoms with E-state index >= 15 is 0 Å². The molecule has 0 aliphatic rings. The Morgan fingerprint density at radius 2 is 1.76 bits per heavy atom. The van der Waals surface area contributed by atoms with Crippen LogP contribution in [-0.2, 0) is 0 Å². The van der Waals surface area contributed by atoms with Crippen LogP contribution in [0, 0.1) is 0 Å². The number of carbonyl (C=O) groups is 1. The fraction of sp³-hybridized carbons (Fsp3) is 0. The summed E-state index contributed by atoms with van der Waals surface area (Å²) >= 11 is 0. The van der Waals surface area contributed by atoms with Gasteiger partial charge in [-0.3, -0.25) is 4.79 Å². The molecular weight excluding hydrogens is 318 g/mol. The molecule has 0 spiro atoms. The standard InChI is InChI=1S/C19H13N3O3/c23-18(16-10-5-11-24-16)20-15-9-4-8-14(12-15)19-21-17(22-25-19)13-6-2-1-3-7-13/h1-12H,(H,20,23). The van der Waals surface area contributed by atoms with Crippen LogP contribution >= 0.6 is 0 Å². The van der Waals surface area contributed by atoms with Crippen LogP contribution in [-0.4, -0.2) is 16.0 Å². The van der Waals surface area contributed by atoms with Crippen molar-refractivity contribution in [3.8, 4) is 22.8 Å². The molecule has 0 bridgehead atoms. The molecule has 2 aromatic carbocycles. The molecule has 1 amide bonds. The summed E-state index contributed by atoms with van der Waals surface area (Å²) in [6.07, 6.45) is 1.45. The Morgan fingerprint density at radius 1 is 0.920 bits per heavy atom. The van der Waals surface area contributed by atoms with Crippen LogP contribution in [0.1, 0.15) is 10.6 Å². The van der Waals surface area contributed by atoms with E-state index in [4.69, 9.17) is 8.94 Å². The highest BCUT2D eigenvalue weighted by atomic mass is 16.5. The number of nitrogens with zero attached hydrogens (tertiary/aromatic N) is 2. The lowest BCUT2D eigenvalue weighted by atomic mass is 10.2. The zero-order valence-electron chi connectivity index (χ0n) is 13.0. The summed E-state index contributed by atoms with van der Waals surface area (Å²) < 4.78 is 10.4. The fourth-order valence-corrected chi connectivity index (χ4v) is 2.38. The summed E-state index contributed by atoms with van der Waals surface area (Å²) in [5, 5.41) is 6.78. The second-order valence-electron chi connectivity index (χ2n) is 5.30. The molecular formula is C19H13N3O3. The first kappa shape index (κ1) is 14.9. The number of anilines is 1. The minimum atomic E-state index is -0.322. The number of carbonyl (C=O) groups excluding carboxylic acids is 1. The maximum Gasteiger partial charge on any atom is 0.291 e. The van der Waals surface area contributed by atoms with Crippen LogP contribution in [0.25, 0.3) is 22.8 Å². The van der Waals surface area contributed by atoms with Crippen LogP contribution in [0.5, 0.6) is 0 Å². The summed E-state index contributed by atoms with van der Waals surface area (Å²) in [5.41, 5.74) is 2.20. The summed E-state index contributed by atoms with van der Waals surface area (Å²) in [4.78, 5) is 16.5. The normalized spacial score (nSPS) is 10.6. The van der Waals surface area contributed by atoms with E-state index in [0.717, 1.165) is 5.56 Å². The molecule has 0 radical (unpaired) electrons. The van der Waals surface area contributed by atoms with Crippen molar-refractivity contribution in [1.29, 1.82) is 0 Å². The first-order chi connectivity index (χ1) is 12.3. The molecule has 122 valence electrons. The van der Waals surface area contributed by atoms with E-state index in [1.54, 1.807) is 30.3 Å². The van der Waals surface area contributed by atoms with Gasteiger partial charge in [-0.2, -0.15) is 4.98 Å². The third kappa shape index (κ3) is 3.18. The zero-order chi connectivity index (χ0) is 17.1. The number of hydrogen-bond donors (Lipinski definition) is 1. The number of nitrogens with one attached hydrogen (secondary N) is 1. The molecule has 0 unspecified atom stereocenters. The lowest BCUT2D eigenvalue weighted by molar-refractivity contribution is 0.0996. The SMILES string of the molecule is O=C(Nc1cccc(-c2nc(-c3ccccc3)no2)c1)c1ccco1. The van der Waals surface area contributed by atoms with Gasteiger partial charge in [0.2, 0.25) is 5.82 Å². The van der Waals surface area contributed by atoms with Crippen LogP contribution in [0.15, 0.2) is 81.9 Å². The molecule has 0 aliphatic carbocycles. The summed E-state index contributed by atoms with van der Waals surface area (Å²) in [6.45, 7) is 0. The van der Waals surface area contributed by atoms with E-state index in [-0.39, 0.29) is 11.7 Å². The largest absolute Gasteiger partial charge is 0.459 e. The number of amides is 1. The Morgan fingerprint density at radius 3 is 2.56 bits per heavy atom. The zero-order valence-corrected chi connectivity index (χ0v) is 13.0. The summed E-state index contributed by atoms with van der Waals surface area (Å²) in [6, 6.07) is 20.0. The molecule has 2 heterocycles. The van der Waals surface area contributed by atoms with E-state index < -0.39 is 0 Å². The van der Waals surface area contributed by atoms with Gasteiger partial charge in [-0.15, -0.1) is 0 Å².